The summed E-state index contributed by atoms with van der Waals surface area (Å²) in [6.07, 6.45) is 0. The second kappa shape index (κ2) is 8.58. The average Bonchev–Trinajstić information content (AvgIpc) is 3.51. The van der Waals surface area contributed by atoms with E-state index in [0.717, 1.165) is 35.3 Å². The lowest BCUT2D eigenvalue weighted by molar-refractivity contribution is 0.396. The molecule has 4 heterocycles. The maximum atomic E-state index is 13.0. The van der Waals surface area contributed by atoms with E-state index >= 15 is 0 Å². The van der Waals surface area contributed by atoms with Crippen LogP contribution in [0.3, 0.4) is 0 Å². The topological polar surface area (TPSA) is 78.9 Å². The standard InChI is InChI=1S/C30H18O6S2/c1-33-17-10-22(34-2)19-12-21(29(31)35-23(19)11-17)25-14-27-26(38-25)13-24(37-27)20-9-16-8-7-15-5-3-4-6-18(15)28(16)36-30(20)32/h3-14H,1-2H3. The molecule has 38 heavy (non-hydrogen) atoms. The lowest BCUT2D eigenvalue weighted by Gasteiger charge is -2.08. The van der Waals surface area contributed by atoms with E-state index in [1.165, 1.54) is 22.7 Å². The maximum Gasteiger partial charge on any atom is 0.345 e. The van der Waals surface area contributed by atoms with Gasteiger partial charge < -0.3 is 18.3 Å². The van der Waals surface area contributed by atoms with E-state index in [1.54, 1.807) is 32.4 Å². The quantitative estimate of drug-likeness (QED) is 0.169. The van der Waals surface area contributed by atoms with Gasteiger partial charge in [0.1, 0.15) is 22.7 Å². The van der Waals surface area contributed by atoms with Crippen molar-refractivity contribution in [3.8, 4) is 32.4 Å². The first-order chi connectivity index (χ1) is 18.5. The molecular formula is C30H18O6S2. The summed E-state index contributed by atoms with van der Waals surface area (Å²) in [5, 5.41) is 3.49. The fourth-order valence-electron chi connectivity index (χ4n) is 4.74. The molecular weight excluding hydrogens is 520 g/mol. The van der Waals surface area contributed by atoms with Crippen molar-refractivity contribution in [2.24, 2.45) is 0 Å². The van der Waals surface area contributed by atoms with E-state index in [1.807, 2.05) is 54.6 Å². The average molecular weight is 539 g/mol. The molecule has 186 valence electrons. The van der Waals surface area contributed by atoms with Gasteiger partial charge in [0.05, 0.1) is 30.7 Å². The van der Waals surface area contributed by atoms with E-state index in [4.69, 9.17) is 18.3 Å². The molecule has 0 bridgehead atoms. The molecule has 8 heteroatoms. The van der Waals surface area contributed by atoms with E-state index in [0.29, 0.717) is 39.2 Å². The molecule has 0 amide bonds. The van der Waals surface area contributed by atoms with Gasteiger partial charge in [0, 0.05) is 42.1 Å². The van der Waals surface area contributed by atoms with E-state index in [2.05, 4.69) is 0 Å². The van der Waals surface area contributed by atoms with Gasteiger partial charge in [0.2, 0.25) is 0 Å². The Morgan fingerprint density at radius 2 is 1.34 bits per heavy atom. The van der Waals surface area contributed by atoms with Crippen molar-refractivity contribution in [2.75, 3.05) is 14.2 Å². The third-order valence-corrected chi connectivity index (χ3v) is 8.97. The van der Waals surface area contributed by atoms with Crippen molar-refractivity contribution in [1.29, 1.82) is 0 Å². The Morgan fingerprint density at radius 3 is 2.08 bits per heavy atom. The summed E-state index contributed by atoms with van der Waals surface area (Å²) in [4.78, 5) is 27.5. The zero-order valence-electron chi connectivity index (χ0n) is 20.2. The fourth-order valence-corrected chi connectivity index (χ4v) is 7.15. The zero-order chi connectivity index (χ0) is 26.0. The Labute approximate surface area is 222 Å². The summed E-state index contributed by atoms with van der Waals surface area (Å²) in [7, 11) is 3.11. The molecule has 0 aliphatic rings. The molecule has 0 unspecified atom stereocenters. The van der Waals surface area contributed by atoms with Crippen LogP contribution in [0.4, 0.5) is 0 Å². The molecule has 7 rings (SSSR count). The van der Waals surface area contributed by atoms with Crippen LogP contribution in [0.2, 0.25) is 0 Å². The summed E-state index contributed by atoms with van der Waals surface area (Å²) < 4.78 is 24.1. The van der Waals surface area contributed by atoms with Gasteiger partial charge in [0.25, 0.3) is 0 Å². The van der Waals surface area contributed by atoms with E-state index < -0.39 is 5.63 Å². The highest BCUT2D eigenvalue weighted by Gasteiger charge is 2.18. The molecule has 0 saturated carbocycles. The van der Waals surface area contributed by atoms with Crippen molar-refractivity contribution < 1.29 is 18.3 Å². The molecule has 0 fully saturated rings. The second-order valence-electron chi connectivity index (χ2n) is 8.79. The predicted octanol–water partition coefficient (Wildman–Crippen LogP) is 7.68. The van der Waals surface area contributed by atoms with Crippen LogP contribution in [0.1, 0.15) is 0 Å². The first-order valence-electron chi connectivity index (χ1n) is 11.7. The highest BCUT2D eigenvalue weighted by Crippen LogP contribution is 2.42. The normalized spacial score (nSPS) is 11.6. The van der Waals surface area contributed by atoms with Crippen LogP contribution in [0.15, 0.2) is 91.2 Å². The number of hydrogen-bond acceptors (Lipinski definition) is 8. The minimum absolute atomic E-state index is 0.374. The van der Waals surface area contributed by atoms with Crippen LogP contribution in [-0.4, -0.2) is 14.2 Å². The number of methoxy groups -OCH3 is 2. The van der Waals surface area contributed by atoms with Crippen molar-refractivity contribution >= 4 is 64.8 Å². The molecule has 0 aliphatic heterocycles. The highest BCUT2D eigenvalue weighted by atomic mass is 32.1. The van der Waals surface area contributed by atoms with Gasteiger partial charge >= 0.3 is 11.3 Å². The van der Waals surface area contributed by atoms with Gasteiger partial charge in [0.15, 0.2) is 0 Å². The van der Waals surface area contributed by atoms with Gasteiger partial charge in [-0.05, 0) is 29.7 Å². The molecule has 0 spiro atoms. The van der Waals surface area contributed by atoms with Crippen LogP contribution >= 0.6 is 22.7 Å². The molecule has 4 aromatic heterocycles. The first kappa shape index (κ1) is 22.8. The minimum Gasteiger partial charge on any atom is -0.496 e. The van der Waals surface area contributed by atoms with Crippen LogP contribution in [-0.2, 0) is 0 Å². The monoisotopic (exact) mass is 538 g/mol. The van der Waals surface area contributed by atoms with Crippen molar-refractivity contribution in [2.45, 2.75) is 0 Å². The number of thiophene rings is 2. The van der Waals surface area contributed by atoms with Crippen molar-refractivity contribution in [1.82, 2.24) is 0 Å². The maximum absolute atomic E-state index is 13.0. The van der Waals surface area contributed by atoms with Gasteiger partial charge in [-0.25, -0.2) is 9.59 Å². The van der Waals surface area contributed by atoms with Crippen LogP contribution in [0.5, 0.6) is 11.5 Å². The van der Waals surface area contributed by atoms with Gasteiger partial charge in [-0.15, -0.1) is 22.7 Å². The molecule has 0 atom stereocenters. The molecule has 7 aromatic rings. The summed E-state index contributed by atoms with van der Waals surface area (Å²) in [6.45, 7) is 0. The van der Waals surface area contributed by atoms with Gasteiger partial charge in [-0.1, -0.05) is 36.4 Å². The SMILES string of the molecule is COc1cc(OC)c2cc(-c3cc4sc(-c5cc6ccc7ccccc7c6oc5=O)cc4s3)c(=O)oc2c1. The Hall–Kier alpha value is -4.40. The van der Waals surface area contributed by atoms with Crippen LogP contribution in [0.25, 0.3) is 63.0 Å². The molecule has 0 aliphatic carbocycles. The third kappa shape index (κ3) is 3.53. The molecule has 0 saturated heterocycles. The van der Waals surface area contributed by atoms with Crippen LogP contribution in [0, 0.1) is 0 Å². The highest BCUT2D eigenvalue weighted by molar-refractivity contribution is 7.31. The number of rotatable bonds is 4. The number of ether oxygens (including phenoxy) is 2. The Morgan fingerprint density at radius 1 is 0.658 bits per heavy atom. The zero-order valence-corrected chi connectivity index (χ0v) is 21.8. The summed E-state index contributed by atoms with van der Waals surface area (Å²) in [6, 6.07) is 22.9. The number of benzene rings is 3. The second-order valence-corrected chi connectivity index (χ2v) is 11.0. The van der Waals surface area contributed by atoms with Crippen molar-refractivity contribution in [3.05, 3.63) is 93.6 Å². The molecule has 0 radical (unpaired) electrons. The van der Waals surface area contributed by atoms with Gasteiger partial charge in [-0.2, -0.15) is 0 Å². The smallest absolute Gasteiger partial charge is 0.345 e. The molecule has 3 aromatic carbocycles. The van der Waals surface area contributed by atoms with Crippen LogP contribution < -0.4 is 20.7 Å². The minimum atomic E-state index is -0.440. The number of fused-ring (bicyclic) bond motifs is 5. The van der Waals surface area contributed by atoms with E-state index in [-0.39, 0.29) is 5.63 Å². The summed E-state index contributed by atoms with van der Waals surface area (Å²) in [5.74, 6) is 1.10. The first-order valence-corrected chi connectivity index (χ1v) is 13.4. The Balaban J connectivity index is 1.32. The fraction of sp³-hybridized carbons (Fsp3) is 0.0667. The third-order valence-electron chi connectivity index (χ3n) is 6.61. The molecule has 6 nitrogen and oxygen atoms in total. The summed E-state index contributed by atoms with van der Waals surface area (Å²) in [5.41, 5.74) is 1.14. The van der Waals surface area contributed by atoms with Crippen molar-refractivity contribution in [3.63, 3.8) is 0 Å². The van der Waals surface area contributed by atoms with E-state index in [9.17, 15) is 9.59 Å². The lowest BCUT2D eigenvalue weighted by Crippen LogP contribution is -2.02. The Kier molecular flexibility index (Phi) is 5.14. The van der Waals surface area contributed by atoms with Gasteiger partial charge in [-0.3, -0.25) is 0 Å². The predicted molar refractivity (Wildman–Crippen MR) is 153 cm³/mol. The largest absolute Gasteiger partial charge is 0.496 e. The summed E-state index contributed by atoms with van der Waals surface area (Å²) >= 11 is 2.96. The molecule has 0 N–H and O–H groups in total. The lowest BCUT2D eigenvalue weighted by atomic mass is 10.1. The number of hydrogen-bond donors (Lipinski definition) is 0. The Bertz CT molecular complexity index is 2130.